The summed E-state index contributed by atoms with van der Waals surface area (Å²) in [5, 5.41) is 3.75. The number of carbonyl (C=O) groups is 2. The van der Waals surface area contributed by atoms with E-state index in [2.05, 4.69) is 5.32 Å². The molecular weight excluding hydrogens is 633 g/mol. The molecule has 0 aromatic heterocycles. The second kappa shape index (κ2) is 15.8. The van der Waals surface area contributed by atoms with E-state index in [4.69, 9.17) is 27.9 Å². The average molecular weight is 669 g/mol. The van der Waals surface area contributed by atoms with Crippen molar-refractivity contribution in [2.24, 2.45) is 0 Å². The van der Waals surface area contributed by atoms with Crippen molar-refractivity contribution in [3.8, 4) is 5.75 Å². The number of anilines is 1. The fraction of sp³-hybridized carbons (Fsp3) is 0.235. The highest BCUT2D eigenvalue weighted by Gasteiger charge is 2.34. The zero-order valence-corrected chi connectivity index (χ0v) is 27.4. The van der Waals surface area contributed by atoms with Crippen molar-refractivity contribution in [1.82, 2.24) is 10.2 Å². The smallest absolute Gasteiger partial charge is 0.264 e. The molecule has 45 heavy (non-hydrogen) atoms. The van der Waals surface area contributed by atoms with Crippen molar-refractivity contribution in [1.29, 1.82) is 0 Å². The molecule has 0 bridgehead atoms. The highest BCUT2D eigenvalue weighted by atomic mass is 35.5. The molecule has 1 N–H and O–H groups in total. The number of nitrogens with one attached hydrogen (secondary N) is 1. The van der Waals surface area contributed by atoms with Gasteiger partial charge < -0.3 is 15.0 Å². The van der Waals surface area contributed by atoms with E-state index in [0.29, 0.717) is 28.9 Å². The number of rotatable bonds is 14. The summed E-state index contributed by atoms with van der Waals surface area (Å²) in [6.07, 6.45) is 0.221. The third-order valence-corrected chi connectivity index (χ3v) is 9.30. The molecule has 0 heterocycles. The van der Waals surface area contributed by atoms with Crippen LogP contribution < -0.4 is 14.4 Å². The van der Waals surface area contributed by atoms with Gasteiger partial charge in [-0.05, 0) is 85.6 Å². The molecule has 4 rings (SSSR count). The molecule has 0 unspecified atom stereocenters. The quantitative estimate of drug-likeness (QED) is 0.169. The number of likely N-dealkylation sites (N-methyl/N-ethyl adjacent to an activating group) is 1. The molecule has 4 aromatic carbocycles. The maximum Gasteiger partial charge on any atom is 0.264 e. The number of hydrogen-bond acceptors (Lipinski definition) is 5. The van der Waals surface area contributed by atoms with Gasteiger partial charge in [-0.1, -0.05) is 65.7 Å². The normalized spacial score (nSPS) is 11.8. The van der Waals surface area contributed by atoms with Gasteiger partial charge in [-0.3, -0.25) is 13.9 Å². The van der Waals surface area contributed by atoms with Crippen LogP contribution in [0.3, 0.4) is 0 Å². The number of halogens is 2. The van der Waals surface area contributed by atoms with E-state index in [0.717, 1.165) is 15.4 Å². The van der Waals surface area contributed by atoms with E-state index in [9.17, 15) is 18.0 Å². The van der Waals surface area contributed by atoms with Gasteiger partial charge in [0.15, 0.2) is 0 Å². The topological polar surface area (TPSA) is 96.0 Å². The Hall–Kier alpha value is -4.05. The minimum absolute atomic E-state index is 0.0394. The number of sulfonamides is 1. The summed E-state index contributed by atoms with van der Waals surface area (Å²) in [6.45, 7) is 3.91. The molecule has 0 radical (unpaired) electrons. The minimum atomic E-state index is -4.25. The van der Waals surface area contributed by atoms with Crippen LogP contribution in [0.1, 0.15) is 25.0 Å². The third kappa shape index (κ3) is 9.00. The Morgan fingerprint density at radius 2 is 1.40 bits per heavy atom. The van der Waals surface area contributed by atoms with Gasteiger partial charge in [0.1, 0.15) is 18.3 Å². The number of carbonyl (C=O) groups excluding carboxylic acids is 2. The number of ether oxygens (including phenoxy) is 1. The molecule has 0 saturated carbocycles. The van der Waals surface area contributed by atoms with Crippen molar-refractivity contribution >= 4 is 50.7 Å². The van der Waals surface area contributed by atoms with Crippen molar-refractivity contribution in [3.63, 3.8) is 0 Å². The van der Waals surface area contributed by atoms with Crippen LogP contribution in [0.2, 0.25) is 10.0 Å². The molecule has 0 aliphatic heterocycles. The molecule has 4 aromatic rings. The molecule has 11 heteroatoms. The molecule has 236 valence electrons. The van der Waals surface area contributed by atoms with Gasteiger partial charge in [-0.25, -0.2) is 8.42 Å². The van der Waals surface area contributed by atoms with E-state index >= 15 is 0 Å². The van der Waals surface area contributed by atoms with Crippen LogP contribution in [0.5, 0.6) is 5.75 Å². The first-order valence-corrected chi connectivity index (χ1v) is 16.7. The Balaban J connectivity index is 1.79. The number of hydrogen-bond donors (Lipinski definition) is 1. The van der Waals surface area contributed by atoms with Crippen LogP contribution in [0.25, 0.3) is 0 Å². The zero-order valence-electron chi connectivity index (χ0n) is 25.0. The van der Waals surface area contributed by atoms with Crippen LogP contribution in [0.15, 0.2) is 108 Å². The van der Waals surface area contributed by atoms with Crippen LogP contribution in [-0.4, -0.2) is 50.9 Å². The monoisotopic (exact) mass is 667 g/mol. The lowest BCUT2D eigenvalue weighted by Crippen LogP contribution is -2.53. The Labute approximate surface area is 274 Å². The second-order valence-electron chi connectivity index (χ2n) is 10.1. The summed E-state index contributed by atoms with van der Waals surface area (Å²) in [5.74, 6) is -0.361. The molecule has 0 saturated heterocycles. The summed E-state index contributed by atoms with van der Waals surface area (Å²) in [4.78, 5) is 29.4. The van der Waals surface area contributed by atoms with Gasteiger partial charge in [0, 0.05) is 29.6 Å². The fourth-order valence-electron chi connectivity index (χ4n) is 4.77. The standard InChI is InChI=1S/C34H35Cl2N3O5S/c1-3-37-34(41)32(22-25-8-6-5-7-9-25)38(23-26-10-12-27(35)13-11-26)33(40)24-39(29-16-18-30(19-17-29)44-4-2)45(42,43)31-20-14-28(36)15-21-31/h5-21,32H,3-4,22-24H2,1-2H3,(H,37,41)/t32-/m0/s1. The molecule has 2 amide bonds. The number of benzene rings is 4. The Bertz CT molecular complexity index is 1670. The lowest BCUT2D eigenvalue weighted by molar-refractivity contribution is -0.140. The van der Waals surface area contributed by atoms with E-state index in [-0.39, 0.29) is 29.5 Å². The summed E-state index contributed by atoms with van der Waals surface area (Å²) in [5.41, 5.74) is 1.83. The van der Waals surface area contributed by atoms with E-state index < -0.39 is 28.5 Å². The maximum atomic E-state index is 14.4. The van der Waals surface area contributed by atoms with Gasteiger partial charge in [-0.15, -0.1) is 0 Å². The van der Waals surface area contributed by atoms with Crippen molar-refractivity contribution in [3.05, 3.63) is 124 Å². The third-order valence-electron chi connectivity index (χ3n) is 7.00. The SMILES string of the molecule is CCNC(=O)[C@H](Cc1ccccc1)N(Cc1ccc(Cl)cc1)C(=O)CN(c1ccc(OCC)cc1)S(=O)(=O)c1ccc(Cl)cc1. The van der Waals surface area contributed by atoms with Crippen molar-refractivity contribution in [2.75, 3.05) is 24.0 Å². The highest BCUT2D eigenvalue weighted by Crippen LogP contribution is 2.28. The largest absolute Gasteiger partial charge is 0.494 e. The lowest BCUT2D eigenvalue weighted by Gasteiger charge is -2.34. The van der Waals surface area contributed by atoms with Gasteiger partial charge in [0.2, 0.25) is 11.8 Å². The van der Waals surface area contributed by atoms with E-state index in [1.165, 1.54) is 29.2 Å². The molecule has 0 spiro atoms. The van der Waals surface area contributed by atoms with Crippen LogP contribution in [0.4, 0.5) is 5.69 Å². The van der Waals surface area contributed by atoms with Gasteiger partial charge in [0.25, 0.3) is 10.0 Å². The van der Waals surface area contributed by atoms with E-state index in [1.54, 1.807) is 55.5 Å². The molecule has 1 atom stereocenters. The van der Waals surface area contributed by atoms with Gasteiger partial charge in [0.05, 0.1) is 17.2 Å². The van der Waals surface area contributed by atoms with Gasteiger partial charge >= 0.3 is 0 Å². The average Bonchev–Trinajstić information content (AvgIpc) is 3.03. The predicted octanol–water partition coefficient (Wildman–Crippen LogP) is 6.36. The number of nitrogens with zero attached hydrogens (tertiary/aromatic N) is 2. The Morgan fingerprint density at radius 1 is 0.800 bits per heavy atom. The molecule has 0 aliphatic carbocycles. The second-order valence-corrected chi connectivity index (χ2v) is 12.9. The number of amides is 2. The molecule has 0 fully saturated rings. The maximum absolute atomic E-state index is 14.4. The van der Waals surface area contributed by atoms with Crippen LogP contribution >= 0.6 is 23.2 Å². The molecule has 8 nitrogen and oxygen atoms in total. The predicted molar refractivity (Wildman–Crippen MR) is 178 cm³/mol. The first-order valence-electron chi connectivity index (χ1n) is 14.5. The lowest BCUT2D eigenvalue weighted by atomic mass is 10.0. The summed E-state index contributed by atoms with van der Waals surface area (Å²) >= 11 is 12.2. The minimum Gasteiger partial charge on any atom is -0.494 e. The van der Waals surface area contributed by atoms with Crippen LogP contribution in [0, 0.1) is 0 Å². The van der Waals surface area contributed by atoms with Crippen molar-refractivity contribution < 1.29 is 22.7 Å². The first-order chi connectivity index (χ1) is 21.6. The first kappa shape index (κ1) is 33.8. The molecular formula is C34H35Cl2N3O5S. The summed E-state index contributed by atoms with van der Waals surface area (Å²) in [7, 11) is -4.25. The highest BCUT2D eigenvalue weighted by molar-refractivity contribution is 7.92. The fourth-order valence-corrected chi connectivity index (χ4v) is 6.44. The van der Waals surface area contributed by atoms with Crippen LogP contribution in [-0.2, 0) is 32.6 Å². The van der Waals surface area contributed by atoms with Gasteiger partial charge in [-0.2, -0.15) is 0 Å². The van der Waals surface area contributed by atoms with E-state index in [1.807, 2.05) is 37.3 Å². The Morgan fingerprint density at radius 3 is 1.98 bits per heavy atom. The Kier molecular flexibility index (Phi) is 11.9. The molecule has 0 aliphatic rings. The summed E-state index contributed by atoms with van der Waals surface area (Å²) < 4.78 is 34.8. The van der Waals surface area contributed by atoms with Crippen molar-refractivity contribution in [2.45, 2.75) is 37.8 Å². The summed E-state index contributed by atoms with van der Waals surface area (Å²) in [6, 6.07) is 27.6. The zero-order chi connectivity index (χ0) is 32.4.